The average Bonchev–Trinajstić information content (AvgIpc) is 2.35. The first-order chi connectivity index (χ1) is 8.20. The van der Waals surface area contributed by atoms with E-state index in [4.69, 9.17) is 4.74 Å². The lowest BCUT2D eigenvalue weighted by atomic mass is 10.2. The molecule has 2 aromatic rings. The van der Waals surface area contributed by atoms with Gasteiger partial charge in [0.15, 0.2) is 0 Å². The first-order valence-electron chi connectivity index (χ1n) is 5.54. The molecule has 0 atom stereocenters. The summed E-state index contributed by atoms with van der Waals surface area (Å²) in [6.07, 6.45) is 0. The molecule has 4 nitrogen and oxygen atoms in total. The molecular weight excluding hydrogens is 214 g/mol. The van der Waals surface area contributed by atoms with Gasteiger partial charge in [-0.05, 0) is 12.1 Å². The Hall–Kier alpha value is -1.65. The highest BCUT2D eigenvalue weighted by Gasteiger charge is 2.03. The molecule has 0 spiro atoms. The number of fused-ring (bicyclic) bond motifs is 1. The van der Waals surface area contributed by atoms with Gasteiger partial charge in [-0.3, -0.25) is 5.01 Å². The van der Waals surface area contributed by atoms with Crippen LogP contribution in [0.5, 0.6) is 5.75 Å². The zero-order valence-electron chi connectivity index (χ0n) is 10.4. The van der Waals surface area contributed by atoms with Crippen molar-refractivity contribution in [2.24, 2.45) is 0 Å². The fourth-order valence-corrected chi connectivity index (χ4v) is 1.66. The van der Waals surface area contributed by atoms with Crippen molar-refractivity contribution in [1.82, 2.24) is 15.4 Å². The lowest BCUT2D eigenvalue weighted by molar-refractivity contribution is 0.284. The van der Waals surface area contributed by atoms with Gasteiger partial charge in [0.2, 0.25) is 0 Å². The standard InChI is InChI=1S/C13H17N3O/c1-16(2)14-9-11-8-7-10-5-4-6-12(17-3)13(10)15-11/h4-8,14H,9H2,1-3H3. The van der Waals surface area contributed by atoms with Crippen LogP contribution in [-0.4, -0.2) is 31.2 Å². The van der Waals surface area contributed by atoms with Crippen molar-refractivity contribution in [3.8, 4) is 5.75 Å². The van der Waals surface area contributed by atoms with Gasteiger partial charge < -0.3 is 4.74 Å². The van der Waals surface area contributed by atoms with Gasteiger partial charge in [-0.15, -0.1) is 0 Å². The highest BCUT2D eigenvalue weighted by Crippen LogP contribution is 2.23. The summed E-state index contributed by atoms with van der Waals surface area (Å²) in [5, 5.41) is 3.01. The Labute approximate surface area is 101 Å². The molecule has 0 fully saturated rings. The summed E-state index contributed by atoms with van der Waals surface area (Å²) in [5.74, 6) is 0.814. The fourth-order valence-electron chi connectivity index (χ4n) is 1.66. The quantitative estimate of drug-likeness (QED) is 0.814. The number of aromatic nitrogens is 1. The molecular formula is C13H17N3O. The molecule has 17 heavy (non-hydrogen) atoms. The number of pyridine rings is 1. The van der Waals surface area contributed by atoms with Gasteiger partial charge in [0, 0.05) is 19.5 Å². The van der Waals surface area contributed by atoms with Gasteiger partial charge in [-0.2, -0.15) is 0 Å². The first kappa shape index (κ1) is 11.8. The lowest BCUT2D eigenvalue weighted by Gasteiger charge is -2.12. The van der Waals surface area contributed by atoms with Crippen LogP contribution in [0.4, 0.5) is 0 Å². The summed E-state index contributed by atoms with van der Waals surface area (Å²) in [5.41, 5.74) is 5.10. The minimum absolute atomic E-state index is 0.709. The molecule has 0 bridgehead atoms. The molecule has 1 N–H and O–H groups in total. The molecule has 0 aliphatic carbocycles. The van der Waals surface area contributed by atoms with Gasteiger partial charge in [0.05, 0.1) is 19.3 Å². The number of benzene rings is 1. The van der Waals surface area contributed by atoms with Gasteiger partial charge >= 0.3 is 0 Å². The molecule has 0 radical (unpaired) electrons. The van der Waals surface area contributed by atoms with Crippen molar-refractivity contribution in [3.05, 3.63) is 36.0 Å². The predicted octanol–water partition coefficient (Wildman–Crippen LogP) is 1.81. The Morgan fingerprint density at radius 2 is 2.06 bits per heavy atom. The summed E-state index contributed by atoms with van der Waals surface area (Å²) in [6.45, 7) is 0.709. The molecule has 0 aliphatic rings. The van der Waals surface area contributed by atoms with Crippen LogP contribution in [0.2, 0.25) is 0 Å². The van der Waals surface area contributed by atoms with Crippen molar-refractivity contribution in [2.45, 2.75) is 6.54 Å². The molecule has 0 saturated carbocycles. The maximum Gasteiger partial charge on any atom is 0.145 e. The van der Waals surface area contributed by atoms with E-state index in [0.717, 1.165) is 22.3 Å². The largest absolute Gasteiger partial charge is 0.494 e. The van der Waals surface area contributed by atoms with Crippen LogP contribution in [0.25, 0.3) is 10.9 Å². The molecule has 1 heterocycles. The minimum Gasteiger partial charge on any atom is -0.494 e. The summed E-state index contributed by atoms with van der Waals surface area (Å²) >= 11 is 0. The second-order valence-electron chi connectivity index (χ2n) is 4.06. The van der Waals surface area contributed by atoms with E-state index < -0.39 is 0 Å². The molecule has 1 aromatic heterocycles. The van der Waals surface area contributed by atoms with Gasteiger partial charge in [0.1, 0.15) is 11.3 Å². The molecule has 0 unspecified atom stereocenters. The van der Waals surface area contributed by atoms with E-state index >= 15 is 0 Å². The zero-order chi connectivity index (χ0) is 12.3. The molecule has 2 rings (SSSR count). The first-order valence-corrected chi connectivity index (χ1v) is 5.54. The van der Waals surface area contributed by atoms with Crippen molar-refractivity contribution in [1.29, 1.82) is 0 Å². The molecule has 0 aliphatic heterocycles. The smallest absolute Gasteiger partial charge is 0.145 e. The number of hydrogen-bond donors (Lipinski definition) is 1. The molecule has 0 saturated heterocycles. The third-order valence-electron chi connectivity index (χ3n) is 2.54. The topological polar surface area (TPSA) is 37.4 Å². The molecule has 1 aromatic carbocycles. The van der Waals surface area contributed by atoms with E-state index in [2.05, 4.69) is 16.5 Å². The van der Waals surface area contributed by atoms with Gasteiger partial charge in [0.25, 0.3) is 0 Å². The minimum atomic E-state index is 0.709. The third-order valence-corrected chi connectivity index (χ3v) is 2.54. The van der Waals surface area contributed by atoms with E-state index in [9.17, 15) is 0 Å². The lowest BCUT2D eigenvalue weighted by Crippen LogP contribution is -2.29. The van der Waals surface area contributed by atoms with E-state index in [1.54, 1.807) is 7.11 Å². The van der Waals surface area contributed by atoms with Crippen LogP contribution in [0, 0.1) is 0 Å². The van der Waals surface area contributed by atoms with E-state index in [1.165, 1.54) is 0 Å². The molecule has 0 amide bonds. The maximum atomic E-state index is 5.31. The highest BCUT2D eigenvalue weighted by molar-refractivity contribution is 5.84. The van der Waals surface area contributed by atoms with Crippen LogP contribution in [0.1, 0.15) is 5.69 Å². The summed E-state index contributed by atoms with van der Waals surface area (Å²) in [4.78, 5) is 4.60. The Morgan fingerprint density at radius 3 is 2.76 bits per heavy atom. The number of methoxy groups -OCH3 is 1. The van der Waals surface area contributed by atoms with Crippen LogP contribution < -0.4 is 10.2 Å². The number of ether oxygens (including phenoxy) is 1. The Kier molecular flexibility index (Phi) is 3.56. The normalized spacial score (nSPS) is 11.1. The number of hydrogen-bond acceptors (Lipinski definition) is 4. The third kappa shape index (κ3) is 2.72. The summed E-state index contributed by atoms with van der Waals surface area (Å²) in [7, 11) is 5.59. The fraction of sp³-hybridized carbons (Fsp3) is 0.308. The van der Waals surface area contributed by atoms with Gasteiger partial charge in [-0.25, -0.2) is 10.4 Å². The summed E-state index contributed by atoms with van der Waals surface area (Å²) in [6, 6.07) is 10.0. The van der Waals surface area contributed by atoms with Crippen LogP contribution >= 0.6 is 0 Å². The Bertz CT molecular complexity index is 511. The van der Waals surface area contributed by atoms with Crippen LogP contribution in [0.3, 0.4) is 0 Å². The number of nitrogens with zero attached hydrogens (tertiary/aromatic N) is 2. The van der Waals surface area contributed by atoms with Crippen LogP contribution in [0.15, 0.2) is 30.3 Å². The van der Waals surface area contributed by atoms with Gasteiger partial charge in [-0.1, -0.05) is 18.2 Å². The monoisotopic (exact) mass is 231 g/mol. The SMILES string of the molecule is COc1cccc2ccc(CNN(C)C)nc12. The van der Waals surface area contributed by atoms with Crippen molar-refractivity contribution < 1.29 is 4.74 Å². The Morgan fingerprint density at radius 1 is 1.24 bits per heavy atom. The maximum absolute atomic E-state index is 5.31. The van der Waals surface area contributed by atoms with Crippen molar-refractivity contribution in [2.75, 3.05) is 21.2 Å². The number of hydrazine groups is 1. The van der Waals surface area contributed by atoms with E-state index in [-0.39, 0.29) is 0 Å². The predicted molar refractivity (Wildman–Crippen MR) is 68.8 cm³/mol. The zero-order valence-corrected chi connectivity index (χ0v) is 10.4. The number of para-hydroxylation sites is 1. The number of rotatable bonds is 4. The molecule has 90 valence electrons. The van der Waals surface area contributed by atoms with Crippen molar-refractivity contribution >= 4 is 10.9 Å². The summed E-state index contributed by atoms with van der Waals surface area (Å²) < 4.78 is 5.31. The van der Waals surface area contributed by atoms with E-state index in [1.807, 2.05) is 43.4 Å². The second-order valence-corrected chi connectivity index (χ2v) is 4.06. The highest BCUT2D eigenvalue weighted by atomic mass is 16.5. The average molecular weight is 231 g/mol. The molecule has 4 heteroatoms. The number of nitrogens with one attached hydrogen (secondary N) is 1. The Balaban J connectivity index is 2.34. The van der Waals surface area contributed by atoms with E-state index in [0.29, 0.717) is 6.54 Å². The van der Waals surface area contributed by atoms with Crippen molar-refractivity contribution in [3.63, 3.8) is 0 Å². The second kappa shape index (κ2) is 5.12. The van der Waals surface area contributed by atoms with Crippen LogP contribution in [-0.2, 0) is 6.54 Å².